The molecule has 2 heterocycles. The summed E-state index contributed by atoms with van der Waals surface area (Å²) in [4.78, 5) is 0. The fourth-order valence-corrected chi connectivity index (χ4v) is 2.56. The molecule has 2 unspecified atom stereocenters. The summed E-state index contributed by atoms with van der Waals surface area (Å²) in [5.74, 6) is 1.33. The smallest absolute Gasteiger partial charge is 0.161 e. The van der Waals surface area contributed by atoms with Crippen LogP contribution in [0.25, 0.3) is 0 Å². The van der Waals surface area contributed by atoms with Gasteiger partial charge in [0.05, 0.1) is 31.6 Å². The molecule has 2 rings (SSSR count). The van der Waals surface area contributed by atoms with Gasteiger partial charge in [0.1, 0.15) is 0 Å². The van der Waals surface area contributed by atoms with E-state index < -0.39 is 0 Å². The Morgan fingerprint density at radius 2 is 2.47 bits per heavy atom. The lowest BCUT2D eigenvalue weighted by Crippen LogP contribution is -2.33. The highest BCUT2D eigenvalue weighted by molar-refractivity contribution is 5.28. The minimum Gasteiger partial charge on any atom is -0.493 e. The summed E-state index contributed by atoms with van der Waals surface area (Å²) in [6.07, 6.45) is 4.08. The number of ether oxygens (including phenoxy) is 2. The molecular formula is C12H21N3O2. The zero-order valence-corrected chi connectivity index (χ0v) is 10.8. The molecule has 1 saturated heterocycles. The first-order valence-corrected chi connectivity index (χ1v) is 6.08. The number of methoxy groups -OCH3 is 1. The molecule has 0 aromatic carbocycles. The van der Waals surface area contributed by atoms with Crippen LogP contribution in [0.3, 0.4) is 0 Å². The zero-order chi connectivity index (χ0) is 12.3. The van der Waals surface area contributed by atoms with Gasteiger partial charge in [-0.3, -0.25) is 4.68 Å². The quantitative estimate of drug-likeness (QED) is 0.855. The van der Waals surface area contributed by atoms with Gasteiger partial charge in [0.2, 0.25) is 0 Å². The number of aryl methyl sites for hydroxylation is 1. The van der Waals surface area contributed by atoms with Crippen LogP contribution in [0.5, 0.6) is 5.75 Å². The Hall–Kier alpha value is -1.07. The maximum absolute atomic E-state index is 5.57. The highest BCUT2D eigenvalue weighted by Crippen LogP contribution is 2.33. The standard InChI is InChI=1S/C12H21N3O2/c1-13-11(9-5-4-6-17-8-9)12-10(16-3)7-14-15(12)2/h7,9,11,13H,4-6,8H2,1-3H3. The highest BCUT2D eigenvalue weighted by atomic mass is 16.5. The second-order valence-corrected chi connectivity index (χ2v) is 4.47. The Balaban J connectivity index is 2.23. The van der Waals surface area contributed by atoms with Crippen molar-refractivity contribution in [3.05, 3.63) is 11.9 Å². The fraction of sp³-hybridized carbons (Fsp3) is 0.750. The van der Waals surface area contributed by atoms with Gasteiger partial charge >= 0.3 is 0 Å². The molecule has 1 aromatic heterocycles. The number of nitrogens with one attached hydrogen (secondary N) is 1. The summed E-state index contributed by atoms with van der Waals surface area (Å²) < 4.78 is 12.8. The Labute approximate surface area is 102 Å². The Morgan fingerprint density at radius 1 is 1.65 bits per heavy atom. The van der Waals surface area contributed by atoms with Crippen molar-refractivity contribution in [2.75, 3.05) is 27.4 Å². The third-order valence-corrected chi connectivity index (χ3v) is 3.44. The van der Waals surface area contributed by atoms with Crippen LogP contribution in [0.1, 0.15) is 24.6 Å². The maximum atomic E-state index is 5.57. The van der Waals surface area contributed by atoms with E-state index in [1.54, 1.807) is 13.3 Å². The Kier molecular flexibility index (Phi) is 4.02. The van der Waals surface area contributed by atoms with E-state index in [2.05, 4.69) is 10.4 Å². The predicted octanol–water partition coefficient (Wildman–Crippen LogP) is 1.12. The molecule has 0 bridgehead atoms. The van der Waals surface area contributed by atoms with E-state index >= 15 is 0 Å². The van der Waals surface area contributed by atoms with E-state index in [-0.39, 0.29) is 6.04 Å². The van der Waals surface area contributed by atoms with Gasteiger partial charge in [-0.15, -0.1) is 0 Å². The number of rotatable bonds is 4. The Bertz CT molecular complexity index is 359. The number of hydrogen-bond donors (Lipinski definition) is 1. The molecule has 0 saturated carbocycles. The second kappa shape index (κ2) is 5.51. The van der Waals surface area contributed by atoms with Crippen molar-refractivity contribution < 1.29 is 9.47 Å². The first-order valence-electron chi connectivity index (χ1n) is 6.08. The van der Waals surface area contributed by atoms with Crippen molar-refractivity contribution in [2.45, 2.75) is 18.9 Å². The van der Waals surface area contributed by atoms with Gasteiger partial charge in [-0.1, -0.05) is 0 Å². The van der Waals surface area contributed by atoms with Crippen molar-refractivity contribution in [1.29, 1.82) is 0 Å². The predicted molar refractivity (Wildman–Crippen MR) is 65.1 cm³/mol. The summed E-state index contributed by atoms with van der Waals surface area (Å²) >= 11 is 0. The van der Waals surface area contributed by atoms with Crippen LogP contribution < -0.4 is 10.1 Å². The first kappa shape index (κ1) is 12.4. The number of hydrogen-bond acceptors (Lipinski definition) is 4. The molecule has 0 radical (unpaired) electrons. The molecule has 5 heteroatoms. The van der Waals surface area contributed by atoms with E-state index in [1.165, 1.54) is 6.42 Å². The van der Waals surface area contributed by atoms with E-state index in [0.717, 1.165) is 31.1 Å². The van der Waals surface area contributed by atoms with Crippen molar-refractivity contribution >= 4 is 0 Å². The van der Waals surface area contributed by atoms with Gasteiger partial charge in [0.15, 0.2) is 5.75 Å². The van der Waals surface area contributed by atoms with Gasteiger partial charge in [-0.05, 0) is 19.9 Å². The van der Waals surface area contributed by atoms with Crippen LogP contribution >= 0.6 is 0 Å². The number of nitrogens with zero attached hydrogens (tertiary/aromatic N) is 2. The SMILES string of the molecule is CNC(c1c(OC)cnn1C)C1CCCOC1. The van der Waals surface area contributed by atoms with Crippen LogP contribution in [-0.2, 0) is 11.8 Å². The molecule has 1 aliphatic rings. The summed E-state index contributed by atoms with van der Waals surface area (Å²) in [7, 11) is 5.61. The zero-order valence-electron chi connectivity index (χ0n) is 10.8. The normalized spacial score (nSPS) is 22.4. The van der Waals surface area contributed by atoms with Gasteiger partial charge < -0.3 is 14.8 Å². The average molecular weight is 239 g/mol. The molecule has 1 N–H and O–H groups in total. The molecule has 96 valence electrons. The highest BCUT2D eigenvalue weighted by Gasteiger charge is 2.29. The lowest BCUT2D eigenvalue weighted by molar-refractivity contribution is 0.0386. The number of aromatic nitrogens is 2. The molecule has 0 amide bonds. The summed E-state index contributed by atoms with van der Waals surface area (Å²) in [5, 5.41) is 7.63. The minimum atomic E-state index is 0.234. The van der Waals surface area contributed by atoms with Gasteiger partial charge in [0.25, 0.3) is 0 Å². The lowest BCUT2D eigenvalue weighted by Gasteiger charge is -2.30. The molecule has 5 nitrogen and oxygen atoms in total. The molecule has 1 aromatic rings. The van der Waals surface area contributed by atoms with Crippen molar-refractivity contribution in [3.8, 4) is 5.75 Å². The van der Waals surface area contributed by atoms with E-state index in [9.17, 15) is 0 Å². The second-order valence-electron chi connectivity index (χ2n) is 4.47. The van der Waals surface area contributed by atoms with Gasteiger partial charge in [0, 0.05) is 19.6 Å². The minimum absolute atomic E-state index is 0.234. The lowest BCUT2D eigenvalue weighted by atomic mass is 9.91. The van der Waals surface area contributed by atoms with Crippen LogP contribution in [0.4, 0.5) is 0 Å². The van der Waals surface area contributed by atoms with Crippen molar-refractivity contribution in [1.82, 2.24) is 15.1 Å². The average Bonchev–Trinajstić information content (AvgIpc) is 2.74. The summed E-state index contributed by atoms with van der Waals surface area (Å²) in [5.41, 5.74) is 1.10. The molecule has 1 fully saturated rings. The van der Waals surface area contributed by atoms with E-state index in [0.29, 0.717) is 5.92 Å². The molecule has 17 heavy (non-hydrogen) atoms. The molecular weight excluding hydrogens is 218 g/mol. The Morgan fingerprint density at radius 3 is 3.06 bits per heavy atom. The van der Waals surface area contributed by atoms with Crippen LogP contribution in [0.15, 0.2) is 6.20 Å². The topological polar surface area (TPSA) is 48.3 Å². The van der Waals surface area contributed by atoms with Crippen LogP contribution in [-0.4, -0.2) is 37.2 Å². The van der Waals surface area contributed by atoms with E-state index in [1.807, 2.05) is 18.8 Å². The van der Waals surface area contributed by atoms with E-state index in [4.69, 9.17) is 9.47 Å². The first-order chi connectivity index (χ1) is 8.27. The maximum Gasteiger partial charge on any atom is 0.161 e. The molecule has 2 atom stereocenters. The van der Waals surface area contributed by atoms with Gasteiger partial charge in [-0.25, -0.2) is 0 Å². The molecule has 1 aliphatic heterocycles. The van der Waals surface area contributed by atoms with Crippen LogP contribution in [0.2, 0.25) is 0 Å². The monoisotopic (exact) mass is 239 g/mol. The van der Waals surface area contributed by atoms with Crippen molar-refractivity contribution in [2.24, 2.45) is 13.0 Å². The fourth-order valence-electron chi connectivity index (χ4n) is 2.56. The summed E-state index contributed by atoms with van der Waals surface area (Å²) in [6, 6.07) is 0.234. The largest absolute Gasteiger partial charge is 0.493 e. The third-order valence-electron chi connectivity index (χ3n) is 3.44. The third kappa shape index (κ3) is 2.45. The van der Waals surface area contributed by atoms with Gasteiger partial charge in [-0.2, -0.15) is 5.10 Å². The summed E-state index contributed by atoms with van der Waals surface area (Å²) in [6.45, 7) is 1.69. The van der Waals surface area contributed by atoms with Crippen LogP contribution in [0, 0.1) is 5.92 Å². The molecule has 0 spiro atoms. The van der Waals surface area contributed by atoms with Crippen molar-refractivity contribution in [3.63, 3.8) is 0 Å². The molecule has 0 aliphatic carbocycles.